The van der Waals surface area contributed by atoms with Crippen molar-refractivity contribution >= 4 is 18.1 Å². The SMILES string of the molecule is COc1ccc(/C=N/NC(=O)c2ccc(O)cc2)cc1COc1ccc(C(=O)OCC(C)C)cc1. The van der Waals surface area contributed by atoms with E-state index in [2.05, 4.69) is 10.5 Å². The molecule has 0 heterocycles. The second-order valence-corrected chi connectivity index (χ2v) is 8.12. The zero-order chi connectivity index (χ0) is 25.2. The van der Waals surface area contributed by atoms with Gasteiger partial charge in [0.15, 0.2) is 0 Å². The third-order valence-corrected chi connectivity index (χ3v) is 4.85. The number of carbonyl (C=O) groups excluding carboxylic acids is 2. The van der Waals surface area contributed by atoms with Gasteiger partial charge in [-0.15, -0.1) is 0 Å². The van der Waals surface area contributed by atoms with Gasteiger partial charge in [0, 0.05) is 11.1 Å². The van der Waals surface area contributed by atoms with Gasteiger partial charge in [0.05, 0.1) is 25.5 Å². The number of ether oxygens (including phenoxy) is 3. The molecule has 3 rings (SSSR count). The molecule has 0 aliphatic heterocycles. The molecule has 0 saturated heterocycles. The van der Waals surface area contributed by atoms with Crippen molar-refractivity contribution in [2.45, 2.75) is 20.5 Å². The van der Waals surface area contributed by atoms with E-state index in [0.717, 1.165) is 11.1 Å². The number of methoxy groups -OCH3 is 1. The summed E-state index contributed by atoms with van der Waals surface area (Å²) >= 11 is 0. The summed E-state index contributed by atoms with van der Waals surface area (Å²) < 4.78 is 16.5. The van der Waals surface area contributed by atoms with Crippen molar-refractivity contribution in [2.75, 3.05) is 13.7 Å². The Labute approximate surface area is 204 Å². The maximum Gasteiger partial charge on any atom is 0.338 e. The Bertz CT molecular complexity index is 1170. The molecule has 0 atom stereocenters. The molecular weight excluding hydrogens is 448 g/mol. The van der Waals surface area contributed by atoms with E-state index in [1.165, 1.54) is 30.5 Å². The smallest absolute Gasteiger partial charge is 0.338 e. The molecule has 2 N–H and O–H groups in total. The highest BCUT2D eigenvalue weighted by molar-refractivity contribution is 5.95. The van der Waals surface area contributed by atoms with Crippen LogP contribution in [0.5, 0.6) is 17.2 Å². The van der Waals surface area contributed by atoms with Gasteiger partial charge in [-0.2, -0.15) is 5.10 Å². The monoisotopic (exact) mass is 476 g/mol. The lowest BCUT2D eigenvalue weighted by molar-refractivity contribution is 0.0459. The Hall–Kier alpha value is -4.33. The molecule has 0 aromatic heterocycles. The maximum absolute atomic E-state index is 12.1. The first-order valence-corrected chi connectivity index (χ1v) is 11.0. The van der Waals surface area contributed by atoms with E-state index in [1.807, 2.05) is 19.9 Å². The Morgan fingerprint density at radius 2 is 1.69 bits per heavy atom. The highest BCUT2D eigenvalue weighted by Gasteiger charge is 2.10. The van der Waals surface area contributed by atoms with Crippen molar-refractivity contribution in [1.29, 1.82) is 0 Å². The van der Waals surface area contributed by atoms with Crippen molar-refractivity contribution < 1.29 is 28.9 Å². The van der Waals surface area contributed by atoms with E-state index in [4.69, 9.17) is 14.2 Å². The molecule has 0 aliphatic rings. The maximum atomic E-state index is 12.1. The Morgan fingerprint density at radius 1 is 1.00 bits per heavy atom. The van der Waals surface area contributed by atoms with Crippen LogP contribution in [0.2, 0.25) is 0 Å². The summed E-state index contributed by atoms with van der Waals surface area (Å²) in [5.74, 6) is 0.828. The Morgan fingerprint density at radius 3 is 2.34 bits per heavy atom. The van der Waals surface area contributed by atoms with Crippen LogP contribution >= 0.6 is 0 Å². The third-order valence-electron chi connectivity index (χ3n) is 4.85. The summed E-state index contributed by atoms with van der Waals surface area (Å²) in [4.78, 5) is 24.2. The summed E-state index contributed by atoms with van der Waals surface area (Å²) in [6.45, 7) is 4.55. The minimum Gasteiger partial charge on any atom is -0.508 e. The highest BCUT2D eigenvalue weighted by atomic mass is 16.5. The minimum atomic E-state index is -0.394. The van der Waals surface area contributed by atoms with Crippen LogP contribution in [0.1, 0.15) is 45.7 Å². The summed E-state index contributed by atoms with van der Waals surface area (Å²) in [6, 6.07) is 18.0. The van der Waals surface area contributed by atoms with Crippen LogP contribution in [0, 0.1) is 5.92 Å². The van der Waals surface area contributed by atoms with Gasteiger partial charge in [0.25, 0.3) is 5.91 Å². The van der Waals surface area contributed by atoms with E-state index >= 15 is 0 Å². The number of phenols is 1. The Kier molecular flexibility index (Phi) is 8.83. The van der Waals surface area contributed by atoms with Gasteiger partial charge in [0.1, 0.15) is 23.9 Å². The van der Waals surface area contributed by atoms with Gasteiger partial charge in [-0.25, -0.2) is 10.2 Å². The van der Waals surface area contributed by atoms with E-state index in [1.54, 1.807) is 43.5 Å². The van der Waals surface area contributed by atoms with Gasteiger partial charge in [0.2, 0.25) is 0 Å². The lowest BCUT2D eigenvalue weighted by Crippen LogP contribution is -2.17. The second kappa shape index (κ2) is 12.2. The number of amides is 1. The predicted octanol–water partition coefficient (Wildman–Crippen LogP) is 4.56. The number of hydrogen-bond acceptors (Lipinski definition) is 7. The molecular formula is C27H28N2O6. The number of phenolic OH excluding ortho intramolecular Hbond substituents is 1. The average molecular weight is 477 g/mol. The number of aromatic hydroxyl groups is 1. The molecule has 1 amide bonds. The summed E-state index contributed by atoms with van der Waals surface area (Å²) in [7, 11) is 1.57. The zero-order valence-electron chi connectivity index (χ0n) is 19.9. The summed E-state index contributed by atoms with van der Waals surface area (Å²) in [6.07, 6.45) is 1.51. The Balaban J connectivity index is 1.60. The van der Waals surface area contributed by atoms with Crippen LogP contribution in [0.15, 0.2) is 71.8 Å². The second-order valence-electron chi connectivity index (χ2n) is 8.12. The minimum absolute atomic E-state index is 0.0816. The summed E-state index contributed by atoms with van der Waals surface area (Å²) in [5.41, 5.74) is 4.80. The molecule has 8 nitrogen and oxygen atoms in total. The quantitative estimate of drug-likeness (QED) is 0.252. The number of hydrazone groups is 1. The topological polar surface area (TPSA) is 106 Å². The van der Waals surface area contributed by atoms with Crippen LogP contribution < -0.4 is 14.9 Å². The molecule has 3 aromatic rings. The number of hydrogen-bond donors (Lipinski definition) is 2. The van der Waals surface area contributed by atoms with Gasteiger partial charge >= 0.3 is 5.97 Å². The largest absolute Gasteiger partial charge is 0.508 e. The van der Waals surface area contributed by atoms with Crippen LogP contribution in [0.3, 0.4) is 0 Å². The van der Waals surface area contributed by atoms with Gasteiger partial charge < -0.3 is 19.3 Å². The van der Waals surface area contributed by atoms with Crippen LogP contribution in [-0.4, -0.2) is 36.9 Å². The zero-order valence-corrected chi connectivity index (χ0v) is 19.9. The lowest BCUT2D eigenvalue weighted by Gasteiger charge is -2.12. The summed E-state index contributed by atoms with van der Waals surface area (Å²) in [5, 5.41) is 13.3. The standard InChI is InChI=1S/C27H28N2O6/c1-18(2)16-35-27(32)21-7-11-24(12-8-21)34-17-22-14-19(4-13-25(22)33-3)15-28-29-26(31)20-5-9-23(30)10-6-20/h4-15,18,30H,16-17H2,1-3H3,(H,29,31)/b28-15+. The van der Waals surface area contributed by atoms with E-state index in [0.29, 0.717) is 29.2 Å². The third kappa shape index (κ3) is 7.60. The molecule has 8 heteroatoms. The molecule has 0 spiro atoms. The van der Waals surface area contributed by atoms with Gasteiger partial charge in [-0.1, -0.05) is 13.8 Å². The van der Waals surface area contributed by atoms with Gasteiger partial charge in [-0.3, -0.25) is 4.79 Å². The van der Waals surface area contributed by atoms with Gasteiger partial charge in [-0.05, 0) is 78.2 Å². The molecule has 0 radical (unpaired) electrons. The fraction of sp³-hybridized carbons (Fsp3) is 0.222. The first kappa shape index (κ1) is 25.3. The van der Waals surface area contributed by atoms with Crippen LogP contribution in [0.25, 0.3) is 0 Å². The number of carbonyl (C=O) groups is 2. The fourth-order valence-electron chi connectivity index (χ4n) is 3.01. The number of nitrogens with zero attached hydrogens (tertiary/aromatic N) is 1. The molecule has 0 saturated carbocycles. The van der Waals surface area contributed by atoms with Crippen LogP contribution in [0.4, 0.5) is 0 Å². The molecule has 35 heavy (non-hydrogen) atoms. The van der Waals surface area contributed by atoms with Crippen LogP contribution in [-0.2, 0) is 11.3 Å². The van der Waals surface area contributed by atoms with Crippen molar-refractivity contribution in [1.82, 2.24) is 5.43 Å². The average Bonchev–Trinajstić information content (AvgIpc) is 2.86. The van der Waals surface area contributed by atoms with E-state index in [-0.39, 0.29) is 24.2 Å². The highest BCUT2D eigenvalue weighted by Crippen LogP contribution is 2.22. The number of esters is 1. The van der Waals surface area contributed by atoms with E-state index < -0.39 is 5.91 Å². The van der Waals surface area contributed by atoms with Crippen molar-refractivity contribution in [2.24, 2.45) is 11.0 Å². The molecule has 0 fully saturated rings. The molecule has 0 aliphatic carbocycles. The number of rotatable bonds is 10. The van der Waals surface area contributed by atoms with Crippen molar-refractivity contribution in [3.63, 3.8) is 0 Å². The number of benzene rings is 3. The number of nitrogens with one attached hydrogen (secondary N) is 1. The van der Waals surface area contributed by atoms with Crippen molar-refractivity contribution in [3.8, 4) is 17.2 Å². The molecule has 3 aromatic carbocycles. The predicted molar refractivity (Wildman–Crippen MR) is 132 cm³/mol. The fourth-order valence-corrected chi connectivity index (χ4v) is 3.01. The first-order valence-electron chi connectivity index (χ1n) is 11.0. The molecule has 0 unspecified atom stereocenters. The molecule has 182 valence electrons. The van der Waals surface area contributed by atoms with Crippen molar-refractivity contribution in [3.05, 3.63) is 89.0 Å². The van der Waals surface area contributed by atoms with E-state index in [9.17, 15) is 14.7 Å². The normalized spacial score (nSPS) is 10.9. The lowest BCUT2D eigenvalue weighted by atomic mass is 10.1. The first-order chi connectivity index (χ1) is 16.9. The molecule has 0 bridgehead atoms.